The highest BCUT2D eigenvalue weighted by Crippen LogP contribution is 2.21. The van der Waals surface area contributed by atoms with Gasteiger partial charge in [0.05, 0.1) is 6.54 Å². The third-order valence-corrected chi connectivity index (χ3v) is 5.70. The van der Waals surface area contributed by atoms with Gasteiger partial charge in [0.25, 0.3) is 0 Å². The molecule has 1 aliphatic heterocycles. The van der Waals surface area contributed by atoms with Gasteiger partial charge in [0.1, 0.15) is 12.2 Å². The van der Waals surface area contributed by atoms with Crippen molar-refractivity contribution >= 4 is 5.91 Å². The molecule has 150 valence electrons. The minimum absolute atomic E-state index is 0.268. The number of hydrogen-bond donors (Lipinski definition) is 0. The number of rotatable bonds is 7. The number of aromatic nitrogens is 3. The van der Waals surface area contributed by atoms with Gasteiger partial charge in [-0.15, -0.1) is 10.2 Å². The van der Waals surface area contributed by atoms with Gasteiger partial charge in [0.2, 0.25) is 5.91 Å². The Morgan fingerprint density at radius 2 is 1.72 bits per heavy atom. The number of piperidine rings is 1. The topological polar surface area (TPSA) is 51.0 Å². The fourth-order valence-electron chi connectivity index (χ4n) is 4.12. The smallest absolute Gasteiger partial charge is 0.222 e. The lowest BCUT2D eigenvalue weighted by atomic mass is 9.94. The van der Waals surface area contributed by atoms with Gasteiger partial charge in [-0.25, -0.2) is 0 Å². The van der Waals surface area contributed by atoms with E-state index in [4.69, 9.17) is 0 Å². The first-order valence-electron chi connectivity index (χ1n) is 10.5. The molecule has 4 rings (SSSR count). The summed E-state index contributed by atoms with van der Waals surface area (Å²) in [6.07, 6.45) is 6.28. The lowest BCUT2D eigenvalue weighted by Crippen LogP contribution is -2.40. The molecule has 1 unspecified atom stereocenters. The second-order valence-electron chi connectivity index (χ2n) is 7.90. The largest absolute Gasteiger partial charge is 0.342 e. The van der Waals surface area contributed by atoms with Gasteiger partial charge in [-0.05, 0) is 36.3 Å². The van der Waals surface area contributed by atoms with E-state index in [0.717, 1.165) is 51.1 Å². The minimum Gasteiger partial charge on any atom is -0.342 e. The summed E-state index contributed by atoms with van der Waals surface area (Å²) in [5, 5.41) is 8.50. The molecule has 1 aliphatic rings. The molecule has 2 heterocycles. The van der Waals surface area contributed by atoms with Crippen LogP contribution in [0.2, 0.25) is 0 Å². The van der Waals surface area contributed by atoms with Gasteiger partial charge in [-0.3, -0.25) is 4.79 Å². The Hall–Kier alpha value is -2.95. The van der Waals surface area contributed by atoms with Crippen molar-refractivity contribution in [1.29, 1.82) is 0 Å². The van der Waals surface area contributed by atoms with E-state index >= 15 is 0 Å². The maximum atomic E-state index is 12.7. The summed E-state index contributed by atoms with van der Waals surface area (Å²) >= 11 is 0. The van der Waals surface area contributed by atoms with Crippen LogP contribution in [0.4, 0.5) is 0 Å². The van der Waals surface area contributed by atoms with Crippen molar-refractivity contribution in [2.24, 2.45) is 5.92 Å². The van der Waals surface area contributed by atoms with Gasteiger partial charge in [-0.2, -0.15) is 0 Å². The van der Waals surface area contributed by atoms with Crippen molar-refractivity contribution in [1.82, 2.24) is 19.7 Å². The van der Waals surface area contributed by atoms with Crippen molar-refractivity contribution in [3.05, 3.63) is 83.9 Å². The Morgan fingerprint density at radius 3 is 2.48 bits per heavy atom. The van der Waals surface area contributed by atoms with Crippen LogP contribution in [0.5, 0.6) is 0 Å². The molecule has 2 aromatic carbocycles. The van der Waals surface area contributed by atoms with Crippen LogP contribution in [-0.2, 0) is 24.2 Å². The number of likely N-dealkylation sites (tertiary alicyclic amines) is 1. The first kappa shape index (κ1) is 19.4. The van der Waals surface area contributed by atoms with Crippen LogP contribution < -0.4 is 0 Å². The molecule has 3 aromatic rings. The second-order valence-corrected chi connectivity index (χ2v) is 7.90. The van der Waals surface area contributed by atoms with Crippen LogP contribution in [0, 0.1) is 5.92 Å². The summed E-state index contributed by atoms with van der Waals surface area (Å²) in [4.78, 5) is 14.8. The average molecular weight is 389 g/mol. The molecule has 5 heteroatoms. The number of carbonyl (C=O) groups excluding carboxylic acids is 1. The zero-order valence-electron chi connectivity index (χ0n) is 16.8. The number of aryl methyl sites for hydroxylation is 1. The molecule has 0 radical (unpaired) electrons. The van der Waals surface area contributed by atoms with Crippen LogP contribution >= 0.6 is 0 Å². The zero-order chi connectivity index (χ0) is 19.9. The standard InChI is InChI=1S/C24H28N4O/c29-24(14-13-20-8-3-1-4-9-20)27-15-7-12-22(18-27)16-23-26-25-19-28(23)17-21-10-5-2-6-11-21/h1-6,8-11,19,22H,7,12-18H2. The maximum absolute atomic E-state index is 12.7. The lowest BCUT2D eigenvalue weighted by Gasteiger charge is -2.32. The molecule has 0 bridgehead atoms. The quantitative estimate of drug-likeness (QED) is 0.620. The van der Waals surface area contributed by atoms with Crippen molar-refractivity contribution in [3.63, 3.8) is 0 Å². The van der Waals surface area contributed by atoms with E-state index in [1.165, 1.54) is 11.1 Å². The molecule has 0 N–H and O–H groups in total. The van der Waals surface area contributed by atoms with Crippen LogP contribution in [0.25, 0.3) is 0 Å². The van der Waals surface area contributed by atoms with E-state index in [1.54, 1.807) is 0 Å². The van der Waals surface area contributed by atoms with Crippen molar-refractivity contribution in [3.8, 4) is 0 Å². The summed E-state index contributed by atoms with van der Waals surface area (Å²) in [6, 6.07) is 20.6. The number of nitrogens with zero attached hydrogens (tertiary/aromatic N) is 4. The van der Waals surface area contributed by atoms with Gasteiger partial charge in [-0.1, -0.05) is 60.7 Å². The Labute approximate surface area is 172 Å². The van der Waals surface area contributed by atoms with Gasteiger partial charge < -0.3 is 9.47 Å². The first-order chi connectivity index (χ1) is 14.3. The molecule has 0 aliphatic carbocycles. The summed E-state index contributed by atoms with van der Waals surface area (Å²) < 4.78 is 2.13. The van der Waals surface area contributed by atoms with Gasteiger partial charge in [0, 0.05) is 25.9 Å². The summed E-state index contributed by atoms with van der Waals surface area (Å²) in [5.74, 6) is 1.73. The Balaban J connectivity index is 1.32. The van der Waals surface area contributed by atoms with Crippen LogP contribution in [0.1, 0.15) is 36.2 Å². The van der Waals surface area contributed by atoms with E-state index in [9.17, 15) is 4.79 Å². The minimum atomic E-state index is 0.268. The third-order valence-electron chi connectivity index (χ3n) is 5.70. The Kier molecular flexibility index (Phi) is 6.35. The van der Waals surface area contributed by atoms with Crippen LogP contribution in [0.3, 0.4) is 0 Å². The van der Waals surface area contributed by atoms with Crippen molar-refractivity contribution in [2.75, 3.05) is 13.1 Å². The molecule has 1 saturated heterocycles. The van der Waals surface area contributed by atoms with E-state index in [0.29, 0.717) is 12.3 Å². The number of hydrogen-bond acceptors (Lipinski definition) is 3. The van der Waals surface area contributed by atoms with Crippen molar-refractivity contribution < 1.29 is 4.79 Å². The fraction of sp³-hybridized carbons (Fsp3) is 0.375. The molecular weight excluding hydrogens is 360 g/mol. The molecule has 0 spiro atoms. The van der Waals surface area contributed by atoms with E-state index < -0.39 is 0 Å². The molecule has 0 saturated carbocycles. The highest BCUT2D eigenvalue weighted by Gasteiger charge is 2.25. The fourth-order valence-corrected chi connectivity index (χ4v) is 4.12. The molecule has 29 heavy (non-hydrogen) atoms. The lowest BCUT2D eigenvalue weighted by molar-refractivity contribution is -0.133. The average Bonchev–Trinajstić information content (AvgIpc) is 3.20. The summed E-state index contributed by atoms with van der Waals surface area (Å²) in [5.41, 5.74) is 2.47. The molecular formula is C24H28N4O. The molecule has 1 aromatic heterocycles. The number of amides is 1. The Morgan fingerprint density at radius 1 is 1.00 bits per heavy atom. The maximum Gasteiger partial charge on any atom is 0.222 e. The predicted octanol–water partition coefficient (Wildman–Crippen LogP) is 3.74. The van der Waals surface area contributed by atoms with E-state index in [1.807, 2.05) is 30.6 Å². The molecule has 1 fully saturated rings. The summed E-state index contributed by atoms with van der Waals surface area (Å²) in [6.45, 7) is 2.49. The molecule has 1 amide bonds. The number of benzene rings is 2. The van der Waals surface area contributed by atoms with Crippen molar-refractivity contribution in [2.45, 2.75) is 38.6 Å². The highest BCUT2D eigenvalue weighted by atomic mass is 16.2. The molecule has 1 atom stereocenters. The van der Waals surface area contributed by atoms with Crippen LogP contribution in [0.15, 0.2) is 67.0 Å². The Bertz CT molecular complexity index is 907. The van der Waals surface area contributed by atoms with E-state index in [2.05, 4.69) is 56.1 Å². The van der Waals surface area contributed by atoms with Gasteiger partial charge >= 0.3 is 0 Å². The second kappa shape index (κ2) is 9.50. The highest BCUT2D eigenvalue weighted by molar-refractivity contribution is 5.76. The molecule has 5 nitrogen and oxygen atoms in total. The number of carbonyl (C=O) groups is 1. The van der Waals surface area contributed by atoms with E-state index in [-0.39, 0.29) is 5.91 Å². The zero-order valence-corrected chi connectivity index (χ0v) is 16.8. The van der Waals surface area contributed by atoms with Gasteiger partial charge in [0.15, 0.2) is 0 Å². The predicted molar refractivity (Wildman–Crippen MR) is 113 cm³/mol. The normalized spacial score (nSPS) is 16.7. The third kappa shape index (κ3) is 5.31. The van der Waals surface area contributed by atoms with Crippen LogP contribution in [-0.4, -0.2) is 38.7 Å². The monoisotopic (exact) mass is 388 g/mol. The first-order valence-corrected chi connectivity index (χ1v) is 10.5. The SMILES string of the molecule is O=C(CCc1ccccc1)N1CCCC(Cc2nncn2Cc2ccccc2)C1. The summed E-state index contributed by atoms with van der Waals surface area (Å²) in [7, 11) is 0.